The van der Waals surface area contributed by atoms with Crippen LogP contribution in [0.15, 0.2) is 35.6 Å². The van der Waals surface area contributed by atoms with Crippen molar-refractivity contribution in [2.24, 2.45) is 0 Å². The van der Waals surface area contributed by atoms with Crippen molar-refractivity contribution in [3.63, 3.8) is 0 Å². The summed E-state index contributed by atoms with van der Waals surface area (Å²) >= 11 is 0. The van der Waals surface area contributed by atoms with Gasteiger partial charge in [-0.15, -0.1) is 0 Å². The molecule has 2 rings (SSSR count). The Kier molecular flexibility index (Phi) is 4.84. The van der Waals surface area contributed by atoms with Crippen LogP contribution in [0.1, 0.15) is 12.0 Å². The molecule has 8 heteroatoms. The number of hydrogen-bond donors (Lipinski definition) is 2. The number of rotatable bonds is 6. The molecule has 1 heterocycles. The van der Waals surface area contributed by atoms with Gasteiger partial charge in [0.15, 0.2) is 12.4 Å². The molecule has 0 radical (unpaired) electrons. The molecule has 0 aliphatic heterocycles. The van der Waals surface area contributed by atoms with Crippen molar-refractivity contribution >= 4 is 6.03 Å². The Balaban J connectivity index is 1.81. The smallest absolute Gasteiger partial charge is 0.319 e. The summed E-state index contributed by atoms with van der Waals surface area (Å²) in [6.07, 6.45) is -1.13. The number of hydrogen-bond acceptors (Lipinski definition) is 3. The molecule has 1 aliphatic rings. The van der Waals surface area contributed by atoms with Gasteiger partial charge >= 0.3 is 6.03 Å². The largest absolute Gasteiger partial charge is 0.472 e. The minimum absolute atomic E-state index is 0.0571. The maximum Gasteiger partial charge on any atom is 0.319 e. The molecule has 0 saturated carbocycles. The molecule has 0 saturated heterocycles. The van der Waals surface area contributed by atoms with E-state index in [1.807, 2.05) is 0 Å². The number of aromatic nitrogens is 1. The third-order valence-corrected chi connectivity index (χ3v) is 2.49. The maximum absolute atomic E-state index is 12.4. The van der Waals surface area contributed by atoms with Crippen molar-refractivity contribution in [1.82, 2.24) is 15.6 Å². The lowest BCUT2D eigenvalue weighted by Gasteiger charge is -2.12. The Morgan fingerprint density at radius 1 is 1.52 bits per heavy atom. The molecule has 0 aromatic carbocycles. The molecule has 2 N–H and O–H groups in total. The summed E-state index contributed by atoms with van der Waals surface area (Å²) < 4.78 is 41.2. The van der Waals surface area contributed by atoms with Gasteiger partial charge in [-0.2, -0.15) is 0 Å². The van der Waals surface area contributed by atoms with Crippen LogP contribution in [0.2, 0.25) is 0 Å². The lowest BCUT2D eigenvalue weighted by Crippen LogP contribution is -2.35. The predicted octanol–water partition coefficient (Wildman–Crippen LogP) is 2.26. The summed E-state index contributed by atoms with van der Waals surface area (Å²) in [6.45, 7) is -0.588. The lowest BCUT2D eigenvalue weighted by molar-refractivity contribution is 0.0795. The van der Waals surface area contributed by atoms with E-state index in [9.17, 15) is 18.0 Å². The standard InChI is InChI=1S/C13H12F3N3O2/c14-9-4-10(5-9)19-13(20)18-6-8-1-2-17-12(3-8)21-7-11(15)16/h1-3,11H,4,6-7H2,(H2,18,19,20). The van der Waals surface area contributed by atoms with Crippen LogP contribution in [0.5, 0.6) is 5.88 Å². The first-order chi connectivity index (χ1) is 10.0. The Morgan fingerprint density at radius 3 is 2.95 bits per heavy atom. The van der Waals surface area contributed by atoms with E-state index < -0.39 is 24.9 Å². The fraction of sp³-hybridized carbons (Fsp3) is 0.308. The second kappa shape index (κ2) is 6.81. The van der Waals surface area contributed by atoms with Gasteiger partial charge in [-0.25, -0.2) is 22.9 Å². The zero-order valence-electron chi connectivity index (χ0n) is 10.8. The molecule has 112 valence electrons. The van der Waals surface area contributed by atoms with E-state index in [0.717, 1.165) is 0 Å². The van der Waals surface area contributed by atoms with Gasteiger partial charge in [-0.3, -0.25) is 0 Å². The zero-order chi connectivity index (χ0) is 15.2. The first kappa shape index (κ1) is 14.9. The van der Waals surface area contributed by atoms with Crippen molar-refractivity contribution in [3.05, 3.63) is 41.1 Å². The first-order valence-electron chi connectivity index (χ1n) is 6.08. The number of carbonyl (C=O) groups excluding carboxylic acids is 1. The van der Waals surface area contributed by atoms with Gasteiger partial charge in [0.1, 0.15) is 0 Å². The normalized spacial score (nSPS) is 13.1. The Morgan fingerprint density at radius 2 is 2.29 bits per heavy atom. The van der Waals surface area contributed by atoms with Crippen molar-refractivity contribution in [2.45, 2.75) is 19.4 Å². The fourth-order valence-electron chi connectivity index (χ4n) is 1.53. The second-order valence-electron chi connectivity index (χ2n) is 4.20. The van der Waals surface area contributed by atoms with Crippen molar-refractivity contribution in [2.75, 3.05) is 6.61 Å². The summed E-state index contributed by atoms with van der Waals surface area (Å²) in [5.74, 6) is -0.345. The highest BCUT2D eigenvalue weighted by molar-refractivity contribution is 5.76. The SMILES string of the molecule is O=C(NCc1ccnc(OCC(F)F)c1)NC1=C=C(F)C1. The summed E-state index contributed by atoms with van der Waals surface area (Å²) in [5.41, 5.74) is 3.31. The number of amides is 2. The molecule has 1 aromatic heterocycles. The minimum atomic E-state index is -2.58. The van der Waals surface area contributed by atoms with Gasteiger partial charge in [-0.05, 0) is 11.6 Å². The quantitative estimate of drug-likeness (QED) is 0.792. The van der Waals surface area contributed by atoms with Crippen LogP contribution in [-0.2, 0) is 6.54 Å². The molecule has 21 heavy (non-hydrogen) atoms. The van der Waals surface area contributed by atoms with Gasteiger partial charge in [0.05, 0.1) is 12.1 Å². The van der Waals surface area contributed by atoms with E-state index in [2.05, 4.69) is 21.3 Å². The van der Waals surface area contributed by atoms with Gasteiger partial charge in [0.25, 0.3) is 6.43 Å². The molecular weight excluding hydrogens is 287 g/mol. The van der Waals surface area contributed by atoms with Crippen LogP contribution in [0.4, 0.5) is 18.0 Å². The number of alkyl halides is 2. The number of nitrogens with zero attached hydrogens (tertiary/aromatic N) is 1. The topological polar surface area (TPSA) is 63.2 Å². The summed E-state index contributed by atoms with van der Waals surface area (Å²) in [7, 11) is 0. The van der Waals surface area contributed by atoms with Crippen LogP contribution in [0.3, 0.4) is 0 Å². The van der Waals surface area contributed by atoms with E-state index in [-0.39, 0.29) is 18.8 Å². The Hall–Kier alpha value is -2.47. The van der Waals surface area contributed by atoms with Crippen LogP contribution < -0.4 is 15.4 Å². The highest BCUT2D eigenvalue weighted by Gasteiger charge is 2.13. The zero-order valence-corrected chi connectivity index (χ0v) is 10.8. The van der Waals surface area contributed by atoms with Crippen LogP contribution >= 0.6 is 0 Å². The fourth-order valence-corrected chi connectivity index (χ4v) is 1.53. The molecule has 0 bridgehead atoms. The summed E-state index contributed by atoms with van der Waals surface area (Å²) in [6, 6.07) is 2.56. The van der Waals surface area contributed by atoms with Crippen molar-refractivity contribution in [1.29, 1.82) is 0 Å². The second-order valence-corrected chi connectivity index (χ2v) is 4.20. The highest BCUT2D eigenvalue weighted by atomic mass is 19.3. The van der Waals surface area contributed by atoms with Gasteiger partial charge in [0.2, 0.25) is 5.88 Å². The molecule has 0 unspecified atom stereocenters. The summed E-state index contributed by atoms with van der Waals surface area (Å²) in [5, 5.41) is 4.95. The van der Waals surface area contributed by atoms with E-state index in [1.165, 1.54) is 12.3 Å². The van der Waals surface area contributed by atoms with Crippen molar-refractivity contribution in [3.8, 4) is 5.88 Å². The third kappa shape index (κ3) is 4.85. The summed E-state index contributed by atoms with van der Waals surface area (Å²) in [4.78, 5) is 15.2. The van der Waals surface area contributed by atoms with Crippen LogP contribution in [0, 0.1) is 0 Å². The monoisotopic (exact) mass is 299 g/mol. The van der Waals surface area contributed by atoms with E-state index in [0.29, 0.717) is 11.3 Å². The third-order valence-electron chi connectivity index (χ3n) is 2.49. The maximum atomic E-state index is 12.4. The molecule has 0 fully saturated rings. The van der Waals surface area contributed by atoms with Crippen LogP contribution in [-0.4, -0.2) is 24.0 Å². The molecule has 0 atom stereocenters. The Bertz CT molecular complexity index is 598. The number of urea groups is 1. The number of nitrogens with one attached hydrogen (secondary N) is 2. The number of halogens is 3. The molecule has 0 spiro atoms. The lowest BCUT2D eigenvalue weighted by atomic mass is 10.2. The number of carbonyl (C=O) groups is 1. The molecule has 1 aliphatic carbocycles. The average Bonchev–Trinajstić information content (AvgIpc) is 2.42. The molecule has 2 amide bonds. The van der Waals surface area contributed by atoms with Gasteiger partial charge in [0, 0.05) is 18.8 Å². The van der Waals surface area contributed by atoms with Crippen molar-refractivity contribution < 1.29 is 22.7 Å². The van der Waals surface area contributed by atoms with Crippen LogP contribution in [0.25, 0.3) is 0 Å². The van der Waals surface area contributed by atoms with E-state index in [1.54, 1.807) is 6.07 Å². The Labute approximate surface area is 118 Å². The first-order valence-corrected chi connectivity index (χ1v) is 6.08. The minimum Gasteiger partial charge on any atom is -0.472 e. The van der Waals surface area contributed by atoms with Gasteiger partial charge < -0.3 is 15.4 Å². The van der Waals surface area contributed by atoms with E-state index in [4.69, 9.17) is 4.74 Å². The average molecular weight is 299 g/mol. The molecule has 1 aromatic rings. The van der Waals surface area contributed by atoms with E-state index >= 15 is 0 Å². The van der Waals surface area contributed by atoms with Gasteiger partial charge in [-0.1, -0.05) is 5.73 Å². The molecule has 5 nitrogen and oxygen atoms in total. The number of pyridine rings is 1. The predicted molar refractivity (Wildman–Crippen MR) is 67.4 cm³/mol. The number of ether oxygens (including phenoxy) is 1. The molecular formula is C13H12F3N3O2. The highest BCUT2D eigenvalue weighted by Crippen LogP contribution is 2.17.